The largest absolute Gasteiger partial charge is 0.364 e. The third-order valence-corrected chi connectivity index (χ3v) is 2.49. The van der Waals surface area contributed by atoms with Crippen molar-refractivity contribution in [3.8, 4) is 0 Å². The highest BCUT2D eigenvalue weighted by Crippen LogP contribution is 2.10. The molecule has 0 radical (unpaired) electrons. The van der Waals surface area contributed by atoms with Crippen molar-refractivity contribution >= 4 is 23.3 Å². The summed E-state index contributed by atoms with van der Waals surface area (Å²) in [5.41, 5.74) is 0.399. The van der Waals surface area contributed by atoms with Crippen molar-refractivity contribution in [1.82, 2.24) is 9.97 Å². The summed E-state index contributed by atoms with van der Waals surface area (Å²) in [6.45, 7) is 1.74. The van der Waals surface area contributed by atoms with Gasteiger partial charge in [0.25, 0.3) is 5.91 Å². The van der Waals surface area contributed by atoms with Crippen LogP contribution in [0.2, 0.25) is 5.02 Å². The molecule has 0 aliphatic carbocycles. The van der Waals surface area contributed by atoms with E-state index in [-0.39, 0.29) is 11.0 Å². The lowest BCUT2D eigenvalue weighted by atomic mass is 10.2. The molecule has 5 nitrogen and oxygen atoms in total. The van der Waals surface area contributed by atoms with Gasteiger partial charge in [-0.1, -0.05) is 11.6 Å². The zero-order valence-electron chi connectivity index (χ0n) is 9.53. The molecule has 0 fully saturated rings. The van der Waals surface area contributed by atoms with Crippen LogP contribution in [0.3, 0.4) is 0 Å². The molecule has 0 saturated carbocycles. The number of rotatable bonds is 2. The fraction of sp³-hybridized carbons (Fsp3) is 0.0833. The highest BCUT2D eigenvalue weighted by molar-refractivity contribution is 6.30. The minimum atomic E-state index is -0.508. The molecule has 0 saturated heterocycles. The SMILES string of the molecule is Cc1cc(=O)c(C(=O)Nc2ccc(Cl)cn2)c[nH]1. The van der Waals surface area contributed by atoms with E-state index in [1.807, 2.05) is 0 Å². The van der Waals surface area contributed by atoms with Gasteiger partial charge in [0.2, 0.25) is 0 Å². The standard InChI is InChI=1S/C12H10ClN3O2/c1-7-4-10(17)9(6-14-7)12(18)16-11-3-2-8(13)5-15-11/h2-6H,1H3,(H,14,17)(H,15,16,18). The van der Waals surface area contributed by atoms with Crippen molar-refractivity contribution < 1.29 is 4.79 Å². The van der Waals surface area contributed by atoms with Gasteiger partial charge >= 0.3 is 0 Å². The molecule has 92 valence electrons. The molecule has 6 heteroatoms. The van der Waals surface area contributed by atoms with Gasteiger partial charge in [-0.15, -0.1) is 0 Å². The Labute approximate surface area is 108 Å². The molecule has 2 N–H and O–H groups in total. The van der Waals surface area contributed by atoms with Gasteiger partial charge in [0.05, 0.1) is 5.02 Å². The van der Waals surface area contributed by atoms with Crippen molar-refractivity contribution in [2.24, 2.45) is 0 Å². The molecule has 0 bridgehead atoms. The van der Waals surface area contributed by atoms with E-state index in [9.17, 15) is 9.59 Å². The second-order valence-corrected chi connectivity index (χ2v) is 4.15. The molecule has 0 aliphatic rings. The van der Waals surface area contributed by atoms with Crippen LogP contribution in [0.4, 0.5) is 5.82 Å². The summed E-state index contributed by atoms with van der Waals surface area (Å²) >= 11 is 5.68. The molecular formula is C12H10ClN3O2. The van der Waals surface area contributed by atoms with Gasteiger partial charge < -0.3 is 10.3 Å². The number of carbonyl (C=O) groups excluding carboxylic acids is 1. The Hall–Kier alpha value is -2.14. The molecule has 2 aromatic heterocycles. The number of pyridine rings is 2. The summed E-state index contributed by atoms with van der Waals surface area (Å²) in [6, 6.07) is 4.52. The van der Waals surface area contributed by atoms with Crippen LogP contribution in [-0.2, 0) is 0 Å². The van der Waals surface area contributed by atoms with Crippen LogP contribution in [0.5, 0.6) is 0 Å². The summed E-state index contributed by atoms with van der Waals surface area (Å²) < 4.78 is 0. The Morgan fingerprint density at radius 3 is 2.83 bits per heavy atom. The van der Waals surface area contributed by atoms with E-state index in [1.54, 1.807) is 19.1 Å². The Kier molecular flexibility index (Phi) is 3.43. The number of anilines is 1. The number of aryl methyl sites for hydroxylation is 1. The van der Waals surface area contributed by atoms with E-state index in [2.05, 4.69) is 15.3 Å². The van der Waals surface area contributed by atoms with Gasteiger partial charge in [0.1, 0.15) is 11.4 Å². The quantitative estimate of drug-likeness (QED) is 0.870. The summed E-state index contributed by atoms with van der Waals surface area (Å²) in [5, 5.41) is 2.99. The topological polar surface area (TPSA) is 74.8 Å². The van der Waals surface area contributed by atoms with E-state index in [0.717, 1.165) is 0 Å². The zero-order chi connectivity index (χ0) is 13.1. The summed E-state index contributed by atoms with van der Waals surface area (Å²) in [7, 11) is 0. The third kappa shape index (κ3) is 2.75. The fourth-order valence-electron chi connectivity index (χ4n) is 1.38. The minimum absolute atomic E-state index is 0.0392. The zero-order valence-corrected chi connectivity index (χ0v) is 10.3. The maximum Gasteiger partial charge on any atom is 0.262 e. The van der Waals surface area contributed by atoms with Gasteiger partial charge in [-0.25, -0.2) is 4.98 Å². The van der Waals surface area contributed by atoms with Gasteiger partial charge in [-0.05, 0) is 19.1 Å². The van der Waals surface area contributed by atoms with Crippen molar-refractivity contribution in [3.05, 3.63) is 57.1 Å². The number of H-pyrrole nitrogens is 1. The predicted octanol–water partition coefficient (Wildman–Crippen LogP) is 1.98. The lowest BCUT2D eigenvalue weighted by molar-refractivity contribution is 0.102. The van der Waals surface area contributed by atoms with Crippen molar-refractivity contribution in [2.75, 3.05) is 5.32 Å². The normalized spacial score (nSPS) is 10.1. The lowest BCUT2D eigenvalue weighted by Crippen LogP contribution is -2.21. The minimum Gasteiger partial charge on any atom is -0.364 e. The van der Waals surface area contributed by atoms with Gasteiger partial charge in [-0.3, -0.25) is 9.59 Å². The Balaban J connectivity index is 2.22. The smallest absolute Gasteiger partial charge is 0.262 e. The Morgan fingerprint density at radius 1 is 1.44 bits per heavy atom. The molecular weight excluding hydrogens is 254 g/mol. The highest BCUT2D eigenvalue weighted by atomic mass is 35.5. The van der Waals surface area contributed by atoms with Crippen molar-refractivity contribution in [1.29, 1.82) is 0 Å². The molecule has 0 aromatic carbocycles. The average molecular weight is 264 g/mol. The number of hydrogen-bond donors (Lipinski definition) is 2. The van der Waals surface area contributed by atoms with Gasteiger partial charge in [-0.2, -0.15) is 0 Å². The third-order valence-electron chi connectivity index (χ3n) is 2.27. The van der Waals surface area contributed by atoms with Gasteiger partial charge in [0.15, 0.2) is 5.43 Å². The number of nitrogens with one attached hydrogen (secondary N) is 2. The van der Waals surface area contributed by atoms with Crippen LogP contribution in [0.15, 0.2) is 35.4 Å². The maximum absolute atomic E-state index is 11.8. The van der Waals surface area contributed by atoms with Gasteiger partial charge in [0, 0.05) is 24.2 Å². The first kappa shape index (κ1) is 12.3. The second-order valence-electron chi connectivity index (χ2n) is 3.71. The van der Waals surface area contributed by atoms with E-state index in [1.165, 1.54) is 18.5 Å². The number of aromatic amines is 1. The molecule has 0 aliphatic heterocycles. The molecule has 2 heterocycles. The van der Waals surface area contributed by atoms with E-state index in [0.29, 0.717) is 16.5 Å². The maximum atomic E-state index is 11.8. The van der Waals surface area contributed by atoms with Crippen molar-refractivity contribution in [2.45, 2.75) is 6.92 Å². The summed E-state index contributed by atoms with van der Waals surface area (Å²) in [4.78, 5) is 30.2. The second kappa shape index (κ2) is 5.01. The van der Waals surface area contributed by atoms with Crippen LogP contribution in [0.25, 0.3) is 0 Å². The first-order valence-electron chi connectivity index (χ1n) is 5.18. The van der Waals surface area contributed by atoms with Crippen LogP contribution in [0.1, 0.15) is 16.1 Å². The molecule has 1 amide bonds. The Morgan fingerprint density at radius 2 is 2.22 bits per heavy atom. The molecule has 18 heavy (non-hydrogen) atoms. The number of amides is 1. The van der Waals surface area contributed by atoms with Crippen LogP contribution in [0, 0.1) is 6.92 Å². The van der Waals surface area contributed by atoms with Crippen molar-refractivity contribution in [3.63, 3.8) is 0 Å². The number of hydrogen-bond acceptors (Lipinski definition) is 3. The molecule has 0 spiro atoms. The summed E-state index contributed by atoms with van der Waals surface area (Å²) in [6.07, 6.45) is 2.79. The van der Waals surface area contributed by atoms with E-state index in [4.69, 9.17) is 11.6 Å². The highest BCUT2D eigenvalue weighted by Gasteiger charge is 2.10. The molecule has 2 aromatic rings. The van der Waals surface area contributed by atoms with E-state index >= 15 is 0 Å². The molecule has 2 rings (SSSR count). The number of halogens is 1. The first-order valence-corrected chi connectivity index (χ1v) is 5.56. The summed E-state index contributed by atoms with van der Waals surface area (Å²) in [5.74, 6) is -0.171. The van der Waals surface area contributed by atoms with Crippen LogP contribution < -0.4 is 10.7 Å². The number of carbonyl (C=O) groups is 1. The lowest BCUT2D eigenvalue weighted by Gasteiger charge is -2.04. The number of nitrogens with zero attached hydrogens (tertiary/aromatic N) is 1. The average Bonchev–Trinajstić information content (AvgIpc) is 2.32. The fourth-order valence-corrected chi connectivity index (χ4v) is 1.50. The monoisotopic (exact) mass is 263 g/mol. The van der Waals surface area contributed by atoms with Crippen LogP contribution in [-0.4, -0.2) is 15.9 Å². The Bertz CT molecular complexity index is 635. The van der Waals surface area contributed by atoms with Crippen LogP contribution >= 0.6 is 11.6 Å². The first-order chi connectivity index (χ1) is 8.56. The predicted molar refractivity (Wildman–Crippen MR) is 69.0 cm³/mol. The van der Waals surface area contributed by atoms with E-state index < -0.39 is 5.91 Å². The molecule has 0 unspecified atom stereocenters. The molecule has 0 atom stereocenters. The number of aromatic nitrogens is 2.